The zero-order valence-corrected chi connectivity index (χ0v) is 22.3. The first-order valence-electron chi connectivity index (χ1n) is 13.3. The molecule has 0 aromatic heterocycles. The number of aliphatic hydroxyl groups is 1. The van der Waals surface area contributed by atoms with Crippen LogP contribution >= 0.6 is 0 Å². The molecule has 1 aliphatic heterocycles. The van der Waals surface area contributed by atoms with E-state index in [-0.39, 0.29) is 37.9 Å². The molecule has 0 spiro atoms. The number of nitrogens with two attached hydrogens (primary N) is 4. The molecular weight excluding hydrogens is 504 g/mol. The van der Waals surface area contributed by atoms with E-state index in [2.05, 4.69) is 15.6 Å². The highest BCUT2D eigenvalue weighted by Gasteiger charge is 2.36. The Kier molecular flexibility index (Phi) is 13.2. The van der Waals surface area contributed by atoms with Crippen molar-refractivity contribution in [3.63, 3.8) is 0 Å². The maximum Gasteiger partial charge on any atom is 0.243 e. The fraction of sp³-hybridized carbons (Fsp3) is 0.577. The summed E-state index contributed by atoms with van der Waals surface area (Å²) in [4.78, 5) is 56.8. The van der Waals surface area contributed by atoms with Gasteiger partial charge in [-0.25, -0.2) is 0 Å². The average molecular weight is 547 g/mol. The van der Waals surface area contributed by atoms with Crippen LogP contribution in [0.25, 0.3) is 0 Å². The monoisotopic (exact) mass is 546 g/mol. The molecule has 0 bridgehead atoms. The number of amides is 4. The van der Waals surface area contributed by atoms with Crippen LogP contribution in [0.3, 0.4) is 0 Å². The summed E-state index contributed by atoms with van der Waals surface area (Å²) in [5.41, 5.74) is 23.2. The largest absolute Gasteiger partial charge is 0.392 e. The highest BCUT2D eigenvalue weighted by molar-refractivity contribution is 5.94. The molecule has 1 saturated heterocycles. The van der Waals surface area contributed by atoms with Gasteiger partial charge in [-0.15, -0.1) is 0 Å². The molecule has 1 aromatic rings. The molecule has 4 amide bonds. The van der Waals surface area contributed by atoms with Crippen molar-refractivity contribution in [1.82, 2.24) is 15.5 Å². The zero-order valence-electron chi connectivity index (χ0n) is 22.3. The number of hydrogen-bond donors (Lipinski definition) is 7. The molecule has 1 aliphatic rings. The van der Waals surface area contributed by atoms with Crippen molar-refractivity contribution in [3.05, 3.63) is 35.4 Å². The standard InChI is InChI=1S/C26H42N8O5/c27-12-2-1-5-20(24(38)32-19(23(28)37)6-3-13-31-26(29)30)33-25(39)21-7-4-14-34(21)22(36)15-17-8-10-18(16-35)11-9-17/h8-11,19-21,35H,1-7,12-16,27H2,(H2,28,37)(H,32,38)(H,33,39)(H4,29,30,31)/t19-,20-,21-/m0/s1. The molecule has 1 heterocycles. The number of primary amides is 1. The third-order valence-electron chi connectivity index (χ3n) is 6.62. The SMILES string of the molecule is NCCCC[C@H](NC(=O)[C@@H]1CCCN1C(=O)Cc1ccc(CO)cc1)C(=O)N[C@@H](CCCN=C(N)N)C(N)=O. The minimum absolute atomic E-state index is 0.0728. The maximum atomic E-state index is 13.3. The lowest BCUT2D eigenvalue weighted by atomic mass is 10.1. The van der Waals surface area contributed by atoms with Crippen molar-refractivity contribution in [2.75, 3.05) is 19.6 Å². The quantitative estimate of drug-likeness (QED) is 0.0719. The zero-order chi connectivity index (χ0) is 28.8. The number of carbonyl (C=O) groups is 4. The Morgan fingerprint density at radius 1 is 0.974 bits per heavy atom. The molecule has 2 rings (SSSR count). The van der Waals surface area contributed by atoms with Crippen molar-refractivity contribution in [1.29, 1.82) is 0 Å². The van der Waals surface area contributed by atoms with Crippen molar-refractivity contribution in [2.24, 2.45) is 27.9 Å². The second-order valence-electron chi connectivity index (χ2n) is 9.65. The van der Waals surface area contributed by atoms with Gasteiger partial charge in [-0.05, 0) is 62.6 Å². The molecule has 13 heteroatoms. The number of unbranched alkanes of at least 4 members (excludes halogenated alkanes) is 1. The summed E-state index contributed by atoms with van der Waals surface area (Å²) in [5, 5.41) is 14.6. The van der Waals surface area contributed by atoms with Gasteiger partial charge in [-0.3, -0.25) is 24.2 Å². The van der Waals surface area contributed by atoms with Gasteiger partial charge < -0.3 is 43.6 Å². The van der Waals surface area contributed by atoms with Crippen LogP contribution in [0.5, 0.6) is 0 Å². The number of aliphatic imine (C=N–C) groups is 1. The smallest absolute Gasteiger partial charge is 0.243 e. The number of nitrogens with zero attached hydrogens (tertiary/aromatic N) is 2. The van der Waals surface area contributed by atoms with Gasteiger partial charge in [0.05, 0.1) is 13.0 Å². The Labute approximate surface area is 228 Å². The number of benzene rings is 1. The van der Waals surface area contributed by atoms with E-state index < -0.39 is 35.8 Å². The van der Waals surface area contributed by atoms with Crippen LogP contribution in [-0.2, 0) is 32.2 Å². The number of hydrogen-bond acceptors (Lipinski definition) is 7. The number of nitrogens with one attached hydrogen (secondary N) is 2. The molecule has 3 atom stereocenters. The predicted octanol–water partition coefficient (Wildman–Crippen LogP) is -1.65. The number of aliphatic hydroxyl groups excluding tert-OH is 1. The molecule has 0 unspecified atom stereocenters. The van der Waals surface area contributed by atoms with Gasteiger partial charge in [0.15, 0.2) is 5.96 Å². The Bertz CT molecular complexity index is 997. The minimum Gasteiger partial charge on any atom is -0.392 e. The van der Waals surface area contributed by atoms with E-state index in [1.165, 1.54) is 0 Å². The normalized spacial score (nSPS) is 16.3. The highest BCUT2D eigenvalue weighted by Crippen LogP contribution is 2.20. The molecule has 1 aromatic carbocycles. The summed E-state index contributed by atoms with van der Waals surface area (Å²) in [6.45, 7) is 1.06. The number of likely N-dealkylation sites (tertiary alicyclic amines) is 1. The first kappa shape index (κ1) is 31.5. The van der Waals surface area contributed by atoms with Crippen molar-refractivity contribution >= 4 is 29.6 Å². The molecule has 11 N–H and O–H groups in total. The Morgan fingerprint density at radius 2 is 1.64 bits per heavy atom. The van der Waals surface area contributed by atoms with Gasteiger partial charge in [0.25, 0.3) is 0 Å². The van der Waals surface area contributed by atoms with Crippen molar-refractivity contribution in [3.8, 4) is 0 Å². The van der Waals surface area contributed by atoms with E-state index in [4.69, 9.17) is 22.9 Å². The molecule has 0 saturated carbocycles. The van der Waals surface area contributed by atoms with Gasteiger partial charge in [0, 0.05) is 13.1 Å². The molecule has 1 fully saturated rings. The Morgan fingerprint density at radius 3 is 2.26 bits per heavy atom. The van der Waals surface area contributed by atoms with Gasteiger partial charge in [-0.1, -0.05) is 24.3 Å². The van der Waals surface area contributed by atoms with Crippen LogP contribution in [0, 0.1) is 0 Å². The van der Waals surface area contributed by atoms with E-state index in [1.54, 1.807) is 29.2 Å². The van der Waals surface area contributed by atoms with Crippen LogP contribution in [-0.4, -0.2) is 77.4 Å². The molecule has 13 nitrogen and oxygen atoms in total. The Balaban J connectivity index is 2.04. The summed E-state index contributed by atoms with van der Waals surface area (Å²) in [6, 6.07) is 4.47. The second kappa shape index (κ2) is 16.3. The van der Waals surface area contributed by atoms with E-state index in [0.29, 0.717) is 51.6 Å². The average Bonchev–Trinajstić information content (AvgIpc) is 3.40. The second-order valence-corrected chi connectivity index (χ2v) is 9.65. The fourth-order valence-electron chi connectivity index (χ4n) is 4.47. The van der Waals surface area contributed by atoms with E-state index in [1.807, 2.05) is 0 Å². The first-order chi connectivity index (χ1) is 18.7. The van der Waals surface area contributed by atoms with Gasteiger partial charge >= 0.3 is 0 Å². The summed E-state index contributed by atoms with van der Waals surface area (Å²) in [6.07, 6.45) is 3.45. The number of carbonyl (C=O) groups excluding carboxylic acids is 4. The van der Waals surface area contributed by atoms with E-state index in [9.17, 15) is 24.3 Å². The number of rotatable bonds is 16. The molecule has 0 aliphatic carbocycles. The van der Waals surface area contributed by atoms with E-state index >= 15 is 0 Å². The molecule has 216 valence electrons. The third kappa shape index (κ3) is 10.5. The number of guanidine groups is 1. The summed E-state index contributed by atoms with van der Waals surface area (Å²) < 4.78 is 0. The lowest BCUT2D eigenvalue weighted by Gasteiger charge is -2.27. The van der Waals surface area contributed by atoms with Crippen LogP contribution in [0.15, 0.2) is 29.3 Å². The minimum atomic E-state index is -0.956. The van der Waals surface area contributed by atoms with Gasteiger partial charge in [-0.2, -0.15) is 0 Å². The summed E-state index contributed by atoms with van der Waals surface area (Å²) in [5.74, 6) is -1.93. The predicted molar refractivity (Wildman–Crippen MR) is 147 cm³/mol. The maximum absolute atomic E-state index is 13.3. The van der Waals surface area contributed by atoms with Crippen LogP contribution in [0.2, 0.25) is 0 Å². The van der Waals surface area contributed by atoms with Gasteiger partial charge in [0.1, 0.15) is 18.1 Å². The highest BCUT2D eigenvalue weighted by atomic mass is 16.3. The lowest BCUT2D eigenvalue weighted by Crippen LogP contribution is -2.56. The summed E-state index contributed by atoms with van der Waals surface area (Å²) >= 11 is 0. The third-order valence-corrected chi connectivity index (χ3v) is 6.62. The summed E-state index contributed by atoms with van der Waals surface area (Å²) in [7, 11) is 0. The van der Waals surface area contributed by atoms with Crippen molar-refractivity contribution in [2.45, 2.75) is 76.1 Å². The Hall–Kier alpha value is -3.71. The molecule has 39 heavy (non-hydrogen) atoms. The molecular formula is C26H42N8O5. The molecule has 0 radical (unpaired) electrons. The fourth-order valence-corrected chi connectivity index (χ4v) is 4.47. The van der Waals surface area contributed by atoms with Crippen LogP contribution in [0.4, 0.5) is 0 Å². The van der Waals surface area contributed by atoms with Gasteiger partial charge in [0.2, 0.25) is 23.6 Å². The van der Waals surface area contributed by atoms with Crippen molar-refractivity contribution < 1.29 is 24.3 Å². The van der Waals surface area contributed by atoms with E-state index in [0.717, 1.165) is 11.1 Å². The van der Waals surface area contributed by atoms with Crippen LogP contribution < -0.4 is 33.6 Å². The first-order valence-corrected chi connectivity index (χ1v) is 13.3. The van der Waals surface area contributed by atoms with Crippen LogP contribution in [0.1, 0.15) is 56.1 Å². The lowest BCUT2D eigenvalue weighted by molar-refractivity contribution is -0.139. The topological polar surface area (TPSA) is 232 Å².